The molecule has 94 valence electrons. The number of nitrogens with zero attached hydrogens (tertiary/aromatic N) is 2. The molecule has 0 fully saturated rings. The van der Waals surface area contributed by atoms with Crippen molar-refractivity contribution in [1.82, 2.24) is 10.2 Å². The summed E-state index contributed by atoms with van der Waals surface area (Å²) < 4.78 is 0. The van der Waals surface area contributed by atoms with Crippen molar-refractivity contribution in [2.24, 2.45) is 10.2 Å². The van der Waals surface area contributed by atoms with Gasteiger partial charge in [-0.15, -0.1) is 5.10 Å². The molecule has 1 aromatic carbocycles. The number of nitrogens with one attached hydrogen (secondary N) is 2. The van der Waals surface area contributed by atoms with Crippen molar-refractivity contribution in [3.05, 3.63) is 63.1 Å². The van der Waals surface area contributed by atoms with Crippen LogP contribution in [0.15, 0.2) is 50.9 Å². The van der Waals surface area contributed by atoms with Gasteiger partial charge < -0.3 is 5.10 Å². The summed E-state index contributed by atoms with van der Waals surface area (Å²) in [4.78, 5) is 11.7. The predicted octanol–water partition coefficient (Wildman–Crippen LogP) is 1.88. The molecule has 19 heavy (non-hydrogen) atoms. The Hall–Kier alpha value is -2.69. The molecule has 1 aliphatic rings. The van der Waals surface area contributed by atoms with E-state index in [4.69, 9.17) is 0 Å². The average molecular weight is 252 g/mol. The first-order chi connectivity index (χ1) is 9.25. The lowest BCUT2D eigenvalue weighted by molar-refractivity contribution is 1.02. The van der Waals surface area contributed by atoms with Gasteiger partial charge in [-0.25, -0.2) is 0 Å². The van der Waals surface area contributed by atoms with Crippen LogP contribution >= 0.6 is 0 Å². The summed E-state index contributed by atoms with van der Waals surface area (Å²) in [7, 11) is 0. The molecule has 0 saturated carbocycles. The van der Waals surface area contributed by atoms with Gasteiger partial charge in [-0.3, -0.25) is 9.89 Å². The molecule has 2 N–H and O–H groups in total. The largest absolute Gasteiger partial charge is 0.302 e. The van der Waals surface area contributed by atoms with E-state index in [1.165, 1.54) is 0 Å². The highest BCUT2D eigenvalue weighted by atomic mass is 16.1. The number of allylic oxidation sites excluding steroid dienone is 1. The average Bonchev–Trinajstić information content (AvgIpc) is 3.02. The standard InChI is InChI=1S/C14H12N4O/c1-9-12(14(19)18-16-9)7-11-8-15-17-13(11)10-5-3-2-4-6-10/h2-8H,1H3,(H2,16,18,19). The number of aryl methyl sites for hydroxylation is 1. The summed E-state index contributed by atoms with van der Waals surface area (Å²) in [6.45, 7) is 1.84. The zero-order chi connectivity index (χ0) is 13.2. The van der Waals surface area contributed by atoms with Crippen LogP contribution in [0.25, 0.3) is 6.08 Å². The van der Waals surface area contributed by atoms with Crippen LogP contribution in [0.4, 0.5) is 0 Å². The Labute approximate surface area is 109 Å². The highest BCUT2D eigenvalue weighted by molar-refractivity contribution is 6.28. The van der Waals surface area contributed by atoms with Gasteiger partial charge in [-0.1, -0.05) is 30.3 Å². The number of aromatic amines is 2. The van der Waals surface area contributed by atoms with Crippen LogP contribution in [0.5, 0.6) is 0 Å². The molecule has 0 saturated heterocycles. The minimum absolute atomic E-state index is 0.141. The van der Waals surface area contributed by atoms with E-state index < -0.39 is 0 Å². The van der Waals surface area contributed by atoms with E-state index in [9.17, 15) is 4.79 Å². The number of H-pyrrole nitrogens is 2. The molecule has 1 aromatic heterocycles. The van der Waals surface area contributed by atoms with Crippen LogP contribution in [-0.4, -0.2) is 22.1 Å². The van der Waals surface area contributed by atoms with Crippen LogP contribution < -0.4 is 5.56 Å². The topological polar surface area (TPSA) is 73.4 Å². The van der Waals surface area contributed by atoms with Gasteiger partial charge in [-0.2, -0.15) is 5.10 Å². The number of benzene rings is 1. The van der Waals surface area contributed by atoms with E-state index in [2.05, 4.69) is 20.4 Å². The second-order valence-electron chi connectivity index (χ2n) is 4.28. The Balaban J connectivity index is 2.05. The molecule has 3 rings (SSSR count). The molecule has 0 aliphatic carbocycles. The van der Waals surface area contributed by atoms with Crippen molar-refractivity contribution < 1.29 is 0 Å². The van der Waals surface area contributed by atoms with Crippen LogP contribution in [0.3, 0.4) is 0 Å². The molecule has 0 unspecified atom stereocenters. The van der Waals surface area contributed by atoms with Gasteiger partial charge in [0.1, 0.15) is 5.71 Å². The Kier molecular flexibility index (Phi) is 2.72. The number of hydrogen-bond donors (Lipinski definition) is 2. The normalized spacial score (nSPS) is 16.1. The zero-order valence-corrected chi connectivity index (χ0v) is 10.3. The molecule has 0 atom stereocenters. The van der Waals surface area contributed by atoms with Crippen molar-refractivity contribution in [2.75, 3.05) is 0 Å². The third-order valence-electron chi connectivity index (χ3n) is 2.99. The lowest BCUT2D eigenvalue weighted by atomic mass is 10.0. The fraction of sp³-hybridized carbons (Fsp3) is 0.0714. The maximum absolute atomic E-state index is 11.7. The molecular weight excluding hydrogens is 240 g/mol. The van der Waals surface area contributed by atoms with Gasteiger partial charge in [0.2, 0.25) is 0 Å². The molecule has 0 radical (unpaired) electrons. The van der Waals surface area contributed by atoms with Crippen molar-refractivity contribution in [3.8, 4) is 0 Å². The molecule has 1 aliphatic heterocycles. The minimum atomic E-state index is -0.141. The molecule has 0 bridgehead atoms. The Morgan fingerprint density at radius 3 is 2.63 bits per heavy atom. The van der Waals surface area contributed by atoms with Gasteiger partial charge in [0.05, 0.1) is 11.8 Å². The van der Waals surface area contributed by atoms with Gasteiger partial charge in [0.15, 0.2) is 0 Å². The van der Waals surface area contributed by atoms with E-state index >= 15 is 0 Å². The van der Waals surface area contributed by atoms with E-state index in [1.54, 1.807) is 12.3 Å². The second-order valence-corrected chi connectivity index (χ2v) is 4.28. The van der Waals surface area contributed by atoms with Gasteiger partial charge in [0, 0.05) is 16.8 Å². The van der Waals surface area contributed by atoms with E-state index in [1.807, 2.05) is 37.3 Å². The molecule has 0 amide bonds. The predicted molar refractivity (Wildman–Crippen MR) is 75.6 cm³/mol. The smallest absolute Gasteiger partial charge is 0.271 e. The summed E-state index contributed by atoms with van der Waals surface area (Å²) in [5.41, 5.74) is 3.85. The number of aromatic nitrogens is 2. The highest BCUT2D eigenvalue weighted by Crippen LogP contribution is 2.16. The van der Waals surface area contributed by atoms with Crippen LogP contribution in [-0.2, 0) is 0 Å². The second kappa shape index (κ2) is 4.53. The fourth-order valence-corrected chi connectivity index (χ4v) is 1.98. The summed E-state index contributed by atoms with van der Waals surface area (Å²) >= 11 is 0. The van der Waals surface area contributed by atoms with Gasteiger partial charge in [0.25, 0.3) is 5.56 Å². The third-order valence-corrected chi connectivity index (χ3v) is 2.99. The lowest BCUT2D eigenvalue weighted by Gasteiger charge is -2.01. The summed E-state index contributed by atoms with van der Waals surface area (Å²) in [6.07, 6.45) is 3.46. The van der Waals surface area contributed by atoms with E-state index in [-0.39, 0.29) is 5.56 Å². The van der Waals surface area contributed by atoms with Crippen molar-refractivity contribution in [1.29, 1.82) is 0 Å². The molecule has 2 aromatic rings. The summed E-state index contributed by atoms with van der Waals surface area (Å²) in [6, 6.07) is 9.78. The van der Waals surface area contributed by atoms with Crippen LogP contribution in [0.1, 0.15) is 16.8 Å². The molecule has 2 heterocycles. The van der Waals surface area contributed by atoms with E-state index in [0.717, 1.165) is 22.5 Å². The quantitative estimate of drug-likeness (QED) is 0.841. The minimum Gasteiger partial charge on any atom is -0.302 e. The van der Waals surface area contributed by atoms with E-state index in [0.29, 0.717) is 5.56 Å². The summed E-state index contributed by atoms with van der Waals surface area (Å²) in [5.74, 6) is 0. The van der Waals surface area contributed by atoms with Crippen molar-refractivity contribution in [3.63, 3.8) is 0 Å². The number of hydrogen-bond acceptors (Lipinski definition) is 3. The maximum atomic E-state index is 11.7. The molecule has 5 nitrogen and oxygen atoms in total. The Bertz CT molecular complexity index is 747. The van der Waals surface area contributed by atoms with Crippen molar-refractivity contribution in [2.45, 2.75) is 6.92 Å². The Morgan fingerprint density at radius 2 is 1.95 bits per heavy atom. The monoisotopic (exact) mass is 252 g/mol. The summed E-state index contributed by atoms with van der Waals surface area (Å²) in [5, 5.41) is 13.4. The molecular formula is C14H12N4O. The molecule has 5 heteroatoms. The van der Waals surface area contributed by atoms with Gasteiger partial charge >= 0.3 is 0 Å². The highest BCUT2D eigenvalue weighted by Gasteiger charge is 2.14. The first kappa shape index (κ1) is 11.4. The zero-order valence-electron chi connectivity index (χ0n) is 10.3. The molecule has 0 spiro atoms. The Morgan fingerprint density at radius 1 is 1.16 bits per heavy atom. The fourth-order valence-electron chi connectivity index (χ4n) is 1.98. The van der Waals surface area contributed by atoms with Crippen molar-refractivity contribution >= 4 is 18.0 Å². The van der Waals surface area contributed by atoms with Crippen LogP contribution in [0, 0.1) is 6.92 Å². The maximum Gasteiger partial charge on any atom is 0.271 e. The van der Waals surface area contributed by atoms with Gasteiger partial charge in [-0.05, 0) is 13.0 Å². The third kappa shape index (κ3) is 2.06. The SMILES string of the molecule is Cc1[nH][nH]c(=O)c1C=C1C=NN=C1c1ccccc1. The number of rotatable bonds is 2. The lowest BCUT2D eigenvalue weighted by Crippen LogP contribution is -2.06. The first-order valence-corrected chi connectivity index (χ1v) is 5.91. The first-order valence-electron chi connectivity index (χ1n) is 5.91. The van der Waals surface area contributed by atoms with Crippen LogP contribution in [0.2, 0.25) is 0 Å².